The second-order valence-corrected chi connectivity index (χ2v) is 5.40. The van der Waals surface area contributed by atoms with Crippen LogP contribution in [0.3, 0.4) is 0 Å². The number of hydrogen-bond donors (Lipinski definition) is 2. The normalized spacial score (nSPS) is 24.3. The molecule has 1 aliphatic carbocycles. The summed E-state index contributed by atoms with van der Waals surface area (Å²) in [5.74, 6) is 0.188. The first-order valence-electron chi connectivity index (χ1n) is 7.17. The Balaban J connectivity index is 2.47. The van der Waals surface area contributed by atoms with E-state index in [2.05, 4.69) is 0 Å². The monoisotopic (exact) mass is 294 g/mol. The molecule has 2 unspecified atom stereocenters. The van der Waals surface area contributed by atoms with Crippen LogP contribution in [-0.4, -0.2) is 36.0 Å². The Morgan fingerprint density at radius 3 is 2.81 bits per heavy atom. The van der Waals surface area contributed by atoms with Gasteiger partial charge in [-0.05, 0) is 37.8 Å². The predicted molar refractivity (Wildman–Crippen MR) is 77.2 cm³/mol. The third kappa shape index (κ3) is 2.76. The molecule has 0 fully saturated rings. The SMILES string of the molecule is CCOC(=O)CC1(O)c2ccc(C)c(OC)c2CCC1O. The largest absolute Gasteiger partial charge is 0.496 e. The Bertz CT molecular complexity index is 540. The van der Waals surface area contributed by atoms with Gasteiger partial charge in [0.15, 0.2) is 0 Å². The maximum absolute atomic E-state index is 11.8. The average molecular weight is 294 g/mol. The van der Waals surface area contributed by atoms with Crippen molar-refractivity contribution in [2.75, 3.05) is 13.7 Å². The molecule has 0 aliphatic heterocycles. The molecule has 1 aromatic rings. The van der Waals surface area contributed by atoms with Crippen molar-refractivity contribution in [3.8, 4) is 5.75 Å². The molecule has 1 aliphatic rings. The zero-order valence-electron chi connectivity index (χ0n) is 12.7. The highest BCUT2D eigenvalue weighted by Gasteiger charge is 2.45. The van der Waals surface area contributed by atoms with Gasteiger partial charge in [0.05, 0.1) is 26.2 Å². The molecule has 0 aromatic heterocycles. The molecule has 116 valence electrons. The van der Waals surface area contributed by atoms with Crippen LogP contribution in [0.2, 0.25) is 0 Å². The molecule has 5 heteroatoms. The molecule has 1 aromatic carbocycles. The van der Waals surface area contributed by atoms with Crippen molar-refractivity contribution < 1.29 is 24.5 Å². The zero-order chi connectivity index (χ0) is 15.6. The van der Waals surface area contributed by atoms with Gasteiger partial charge in [-0.2, -0.15) is 0 Å². The number of methoxy groups -OCH3 is 1. The van der Waals surface area contributed by atoms with E-state index in [9.17, 15) is 15.0 Å². The molecule has 2 rings (SSSR count). The number of aliphatic hydroxyl groups is 2. The van der Waals surface area contributed by atoms with Gasteiger partial charge in [0, 0.05) is 5.56 Å². The smallest absolute Gasteiger partial charge is 0.309 e. The second kappa shape index (κ2) is 6.03. The van der Waals surface area contributed by atoms with Crippen molar-refractivity contribution in [3.05, 3.63) is 28.8 Å². The maximum atomic E-state index is 11.8. The van der Waals surface area contributed by atoms with Gasteiger partial charge in [-0.15, -0.1) is 0 Å². The minimum Gasteiger partial charge on any atom is -0.496 e. The van der Waals surface area contributed by atoms with Gasteiger partial charge in [-0.25, -0.2) is 0 Å². The number of carbonyl (C=O) groups excluding carboxylic acids is 1. The van der Waals surface area contributed by atoms with Crippen LogP contribution < -0.4 is 4.74 Å². The molecule has 0 saturated heterocycles. The van der Waals surface area contributed by atoms with E-state index in [0.717, 1.165) is 11.1 Å². The van der Waals surface area contributed by atoms with Gasteiger partial charge in [-0.1, -0.05) is 12.1 Å². The fourth-order valence-electron chi connectivity index (χ4n) is 3.03. The van der Waals surface area contributed by atoms with Gasteiger partial charge in [0.25, 0.3) is 0 Å². The van der Waals surface area contributed by atoms with E-state index in [-0.39, 0.29) is 13.0 Å². The maximum Gasteiger partial charge on any atom is 0.309 e. The number of rotatable bonds is 4. The topological polar surface area (TPSA) is 76.0 Å². The summed E-state index contributed by atoms with van der Waals surface area (Å²) in [6.45, 7) is 3.88. The molecule has 0 bridgehead atoms. The van der Waals surface area contributed by atoms with Gasteiger partial charge >= 0.3 is 5.97 Å². The minimum absolute atomic E-state index is 0.245. The molecule has 0 spiro atoms. The molecule has 0 radical (unpaired) electrons. The van der Waals surface area contributed by atoms with E-state index in [1.807, 2.05) is 13.0 Å². The van der Waals surface area contributed by atoms with Crippen LogP contribution in [-0.2, 0) is 21.6 Å². The van der Waals surface area contributed by atoms with E-state index in [4.69, 9.17) is 9.47 Å². The lowest BCUT2D eigenvalue weighted by Crippen LogP contribution is -2.45. The lowest BCUT2D eigenvalue weighted by molar-refractivity contribution is -0.158. The lowest BCUT2D eigenvalue weighted by atomic mass is 9.74. The molecule has 0 amide bonds. The number of hydrogen-bond acceptors (Lipinski definition) is 5. The van der Waals surface area contributed by atoms with Crippen LogP contribution in [0.1, 0.15) is 36.5 Å². The third-order valence-electron chi connectivity index (χ3n) is 4.07. The fraction of sp³-hybridized carbons (Fsp3) is 0.562. The number of aryl methyl sites for hydroxylation is 1. The molecule has 2 atom stereocenters. The van der Waals surface area contributed by atoms with Crippen molar-refractivity contribution in [3.63, 3.8) is 0 Å². The molecular formula is C16H22O5. The zero-order valence-corrected chi connectivity index (χ0v) is 12.7. The molecule has 2 N–H and O–H groups in total. The molecule has 21 heavy (non-hydrogen) atoms. The highest BCUT2D eigenvalue weighted by Crippen LogP contribution is 2.43. The minimum atomic E-state index is -1.62. The van der Waals surface area contributed by atoms with E-state index in [1.165, 1.54) is 0 Å². The van der Waals surface area contributed by atoms with Crippen LogP contribution in [0.5, 0.6) is 5.75 Å². The Kier molecular flexibility index (Phi) is 4.54. The lowest BCUT2D eigenvalue weighted by Gasteiger charge is -2.38. The summed E-state index contributed by atoms with van der Waals surface area (Å²) in [4.78, 5) is 11.8. The first-order chi connectivity index (χ1) is 9.93. The summed E-state index contributed by atoms with van der Waals surface area (Å²) in [7, 11) is 1.58. The van der Waals surface area contributed by atoms with Crippen molar-refractivity contribution in [1.82, 2.24) is 0 Å². The molecular weight excluding hydrogens is 272 g/mol. The van der Waals surface area contributed by atoms with Crippen LogP contribution in [0.4, 0.5) is 0 Å². The van der Waals surface area contributed by atoms with Gasteiger partial charge < -0.3 is 19.7 Å². The Morgan fingerprint density at radius 2 is 2.19 bits per heavy atom. The van der Waals surface area contributed by atoms with Crippen LogP contribution in [0, 0.1) is 6.92 Å². The summed E-state index contributed by atoms with van der Waals surface area (Å²) in [6.07, 6.45) is -0.280. The average Bonchev–Trinajstić information content (AvgIpc) is 2.43. The highest BCUT2D eigenvalue weighted by molar-refractivity contribution is 5.72. The number of aliphatic hydroxyl groups excluding tert-OH is 1. The van der Waals surface area contributed by atoms with Crippen molar-refractivity contribution >= 4 is 5.97 Å². The summed E-state index contributed by atoms with van der Waals surface area (Å²) in [5, 5.41) is 21.1. The Labute approximate surface area is 124 Å². The number of esters is 1. The van der Waals surface area contributed by atoms with E-state index < -0.39 is 17.7 Å². The molecule has 5 nitrogen and oxygen atoms in total. The van der Waals surface area contributed by atoms with Crippen LogP contribution in [0.15, 0.2) is 12.1 Å². The van der Waals surface area contributed by atoms with Gasteiger partial charge in [0.1, 0.15) is 11.4 Å². The quantitative estimate of drug-likeness (QED) is 0.822. The molecule has 0 heterocycles. The van der Waals surface area contributed by atoms with Crippen molar-refractivity contribution in [2.24, 2.45) is 0 Å². The number of fused-ring (bicyclic) bond motifs is 1. The van der Waals surface area contributed by atoms with Crippen molar-refractivity contribution in [1.29, 1.82) is 0 Å². The first-order valence-corrected chi connectivity index (χ1v) is 7.17. The third-order valence-corrected chi connectivity index (χ3v) is 4.07. The Hall–Kier alpha value is -1.59. The van der Waals surface area contributed by atoms with Gasteiger partial charge in [0.2, 0.25) is 0 Å². The Morgan fingerprint density at radius 1 is 1.48 bits per heavy atom. The second-order valence-electron chi connectivity index (χ2n) is 5.40. The number of benzene rings is 1. The summed E-state index contributed by atoms with van der Waals surface area (Å²) in [6, 6.07) is 3.58. The first kappa shape index (κ1) is 15.8. The van der Waals surface area contributed by atoms with Gasteiger partial charge in [-0.3, -0.25) is 4.79 Å². The van der Waals surface area contributed by atoms with Crippen molar-refractivity contribution in [2.45, 2.75) is 44.8 Å². The highest BCUT2D eigenvalue weighted by atomic mass is 16.5. The standard InChI is InChI=1S/C16H22O5/c1-4-21-14(18)9-16(19)12-7-5-10(2)15(20-3)11(12)6-8-13(16)17/h5,7,13,17,19H,4,6,8-9H2,1-3H3. The summed E-state index contributed by atoms with van der Waals surface area (Å²) >= 11 is 0. The van der Waals surface area contributed by atoms with E-state index in [0.29, 0.717) is 24.2 Å². The van der Waals surface area contributed by atoms with E-state index >= 15 is 0 Å². The number of carbonyl (C=O) groups is 1. The van der Waals surface area contributed by atoms with Crippen LogP contribution in [0.25, 0.3) is 0 Å². The number of ether oxygens (including phenoxy) is 2. The summed E-state index contributed by atoms with van der Waals surface area (Å²) < 4.78 is 10.3. The molecule has 0 saturated carbocycles. The summed E-state index contributed by atoms with van der Waals surface area (Å²) in [5.41, 5.74) is 0.748. The van der Waals surface area contributed by atoms with Crippen LogP contribution >= 0.6 is 0 Å². The fourth-order valence-corrected chi connectivity index (χ4v) is 3.03. The predicted octanol–water partition coefficient (Wildman–Crippen LogP) is 1.45. The van der Waals surface area contributed by atoms with E-state index in [1.54, 1.807) is 20.1 Å².